The van der Waals surface area contributed by atoms with Gasteiger partial charge in [0.15, 0.2) is 0 Å². The molecule has 1 aliphatic carbocycles. The van der Waals surface area contributed by atoms with Gasteiger partial charge in [0.1, 0.15) is 0 Å². The van der Waals surface area contributed by atoms with Crippen molar-refractivity contribution in [1.82, 2.24) is 14.9 Å². The molecule has 20 heavy (non-hydrogen) atoms. The Hall–Kier alpha value is -0.870. The van der Waals surface area contributed by atoms with Crippen molar-refractivity contribution in [1.29, 1.82) is 0 Å². The maximum atomic E-state index is 6.03. The van der Waals surface area contributed by atoms with Gasteiger partial charge in [-0.1, -0.05) is 19.3 Å². The molecule has 4 nitrogen and oxygen atoms in total. The van der Waals surface area contributed by atoms with Crippen LogP contribution in [0.3, 0.4) is 0 Å². The summed E-state index contributed by atoms with van der Waals surface area (Å²) in [4.78, 5) is 4.34. The summed E-state index contributed by atoms with van der Waals surface area (Å²) in [5.41, 5.74) is 1.38. The van der Waals surface area contributed by atoms with E-state index in [0.29, 0.717) is 12.0 Å². The molecule has 4 heteroatoms. The minimum absolute atomic E-state index is 0.507. The van der Waals surface area contributed by atoms with Crippen LogP contribution < -0.4 is 5.32 Å². The first-order chi connectivity index (χ1) is 9.93. The normalized spacial score (nSPS) is 24.9. The zero-order chi connectivity index (χ0) is 13.6. The van der Waals surface area contributed by atoms with Crippen LogP contribution in [0.5, 0.6) is 0 Å². The molecule has 1 aromatic rings. The second kappa shape index (κ2) is 7.23. The van der Waals surface area contributed by atoms with E-state index in [1.165, 1.54) is 50.6 Å². The van der Waals surface area contributed by atoms with Crippen molar-refractivity contribution in [3.8, 4) is 0 Å². The van der Waals surface area contributed by atoms with Crippen molar-refractivity contribution < 1.29 is 4.74 Å². The fraction of sp³-hybridized carbons (Fsp3) is 0.812. The average Bonchev–Trinajstić information content (AvgIpc) is 2.98. The third-order valence-corrected chi connectivity index (χ3v) is 4.70. The average molecular weight is 277 g/mol. The highest BCUT2D eigenvalue weighted by atomic mass is 16.5. The van der Waals surface area contributed by atoms with Crippen molar-refractivity contribution in [2.24, 2.45) is 0 Å². The maximum Gasteiger partial charge on any atom is 0.0949 e. The zero-order valence-corrected chi connectivity index (χ0v) is 12.4. The SMILES string of the molecule is c1ncn(CCOC2CCCCC2)c1C1CCCNC1. The molecule has 0 radical (unpaired) electrons. The molecule has 0 aromatic carbocycles. The van der Waals surface area contributed by atoms with Crippen LogP contribution in [-0.2, 0) is 11.3 Å². The second-order valence-corrected chi connectivity index (χ2v) is 6.19. The van der Waals surface area contributed by atoms with Gasteiger partial charge in [-0.2, -0.15) is 0 Å². The van der Waals surface area contributed by atoms with Crippen molar-refractivity contribution in [3.63, 3.8) is 0 Å². The first kappa shape index (κ1) is 14.1. The maximum absolute atomic E-state index is 6.03. The van der Waals surface area contributed by atoms with Gasteiger partial charge in [-0.05, 0) is 32.2 Å². The van der Waals surface area contributed by atoms with Gasteiger partial charge in [-0.15, -0.1) is 0 Å². The lowest BCUT2D eigenvalue weighted by Gasteiger charge is -2.25. The highest BCUT2D eigenvalue weighted by Crippen LogP contribution is 2.23. The van der Waals surface area contributed by atoms with Gasteiger partial charge in [0.05, 0.1) is 19.0 Å². The Morgan fingerprint density at radius 2 is 2.10 bits per heavy atom. The molecule has 112 valence electrons. The highest BCUT2D eigenvalue weighted by Gasteiger charge is 2.19. The molecule has 1 N–H and O–H groups in total. The number of nitrogens with one attached hydrogen (secondary N) is 1. The summed E-state index contributed by atoms with van der Waals surface area (Å²) in [6.07, 6.45) is 13.6. The molecule has 1 saturated heterocycles. The molecule has 1 atom stereocenters. The predicted octanol–water partition coefficient (Wildman–Crippen LogP) is 2.70. The Balaban J connectivity index is 1.48. The summed E-state index contributed by atoms with van der Waals surface area (Å²) in [7, 11) is 0. The second-order valence-electron chi connectivity index (χ2n) is 6.19. The summed E-state index contributed by atoms with van der Waals surface area (Å²) >= 11 is 0. The van der Waals surface area contributed by atoms with Gasteiger partial charge in [0.2, 0.25) is 0 Å². The first-order valence-electron chi connectivity index (χ1n) is 8.26. The van der Waals surface area contributed by atoms with Crippen molar-refractivity contribution >= 4 is 0 Å². The molecule has 1 aromatic heterocycles. The lowest BCUT2D eigenvalue weighted by Crippen LogP contribution is -2.30. The summed E-state index contributed by atoms with van der Waals surface area (Å²) in [5.74, 6) is 0.626. The number of piperidine rings is 1. The van der Waals surface area contributed by atoms with E-state index < -0.39 is 0 Å². The van der Waals surface area contributed by atoms with Crippen molar-refractivity contribution in [3.05, 3.63) is 18.2 Å². The number of hydrogen-bond acceptors (Lipinski definition) is 3. The van der Waals surface area contributed by atoms with E-state index in [9.17, 15) is 0 Å². The van der Waals surface area contributed by atoms with E-state index in [2.05, 4.69) is 14.9 Å². The fourth-order valence-electron chi connectivity index (χ4n) is 3.51. The Labute approximate surface area is 121 Å². The van der Waals surface area contributed by atoms with Gasteiger partial charge in [-0.25, -0.2) is 4.98 Å². The number of hydrogen-bond donors (Lipinski definition) is 1. The smallest absolute Gasteiger partial charge is 0.0949 e. The van der Waals surface area contributed by atoms with E-state index in [0.717, 1.165) is 26.2 Å². The van der Waals surface area contributed by atoms with E-state index in [-0.39, 0.29) is 0 Å². The molecule has 0 amide bonds. The molecule has 1 saturated carbocycles. The number of nitrogens with zero attached hydrogens (tertiary/aromatic N) is 2. The molecule has 3 rings (SSSR count). The summed E-state index contributed by atoms with van der Waals surface area (Å²) in [6, 6.07) is 0. The van der Waals surface area contributed by atoms with Crippen molar-refractivity contribution in [2.75, 3.05) is 19.7 Å². The molecular weight excluding hydrogens is 250 g/mol. The Kier molecular flexibility index (Phi) is 5.09. The Morgan fingerprint density at radius 3 is 2.90 bits per heavy atom. The molecule has 1 unspecified atom stereocenters. The standard InChI is InChI=1S/C16H27N3O/c1-2-6-15(7-3-1)20-10-9-19-13-18-12-16(19)14-5-4-8-17-11-14/h12-15,17H,1-11H2. The number of ether oxygens (including phenoxy) is 1. The van der Waals surface area contributed by atoms with Crippen LogP contribution in [0.15, 0.2) is 12.5 Å². The Bertz CT molecular complexity index is 392. The molecule has 0 bridgehead atoms. The molecular formula is C16H27N3O. The van der Waals surface area contributed by atoms with Crippen LogP contribution in [0.1, 0.15) is 56.6 Å². The van der Waals surface area contributed by atoms with Crippen LogP contribution >= 0.6 is 0 Å². The fourth-order valence-corrected chi connectivity index (χ4v) is 3.51. The van der Waals surface area contributed by atoms with E-state index in [1.807, 2.05) is 12.5 Å². The summed E-state index contributed by atoms with van der Waals surface area (Å²) < 4.78 is 8.33. The van der Waals surface area contributed by atoms with Gasteiger partial charge < -0.3 is 14.6 Å². The van der Waals surface area contributed by atoms with Crippen LogP contribution in [0.4, 0.5) is 0 Å². The monoisotopic (exact) mass is 277 g/mol. The van der Waals surface area contributed by atoms with Gasteiger partial charge in [-0.3, -0.25) is 0 Å². The van der Waals surface area contributed by atoms with Crippen LogP contribution in [0, 0.1) is 0 Å². The van der Waals surface area contributed by atoms with Crippen LogP contribution in [-0.4, -0.2) is 35.4 Å². The lowest BCUT2D eigenvalue weighted by molar-refractivity contribution is 0.0237. The third kappa shape index (κ3) is 3.61. The van der Waals surface area contributed by atoms with E-state index >= 15 is 0 Å². The number of aromatic nitrogens is 2. The molecule has 2 heterocycles. The summed E-state index contributed by atoms with van der Waals surface area (Å²) in [6.45, 7) is 4.03. The van der Waals surface area contributed by atoms with E-state index in [1.54, 1.807) is 0 Å². The predicted molar refractivity (Wildman–Crippen MR) is 79.9 cm³/mol. The molecule has 2 fully saturated rings. The Morgan fingerprint density at radius 1 is 1.20 bits per heavy atom. The minimum Gasteiger partial charge on any atom is -0.376 e. The molecule has 2 aliphatic rings. The highest BCUT2D eigenvalue weighted by molar-refractivity contribution is 5.08. The molecule has 1 aliphatic heterocycles. The lowest BCUT2D eigenvalue weighted by atomic mass is 9.96. The van der Waals surface area contributed by atoms with Gasteiger partial charge >= 0.3 is 0 Å². The largest absolute Gasteiger partial charge is 0.376 e. The zero-order valence-electron chi connectivity index (χ0n) is 12.4. The minimum atomic E-state index is 0.507. The third-order valence-electron chi connectivity index (χ3n) is 4.70. The summed E-state index contributed by atoms with van der Waals surface area (Å²) in [5, 5.41) is 3.49. The van der Waals surface area contributed by atoms with Gasteiger partial charge in [0.25, 0.3) is 0 Å². The molecule has 0 spiro atoms. The van der Waals surface area contributed by atoms with E-state index in [4.69, 9.17) is 4.74 Å². The quantitative estimate of drug-likeness (QED) is 0.899. The number of rotatable bonds is 5. The first-order valence-corrected chi connectivity index (χ1v) is 8.26. The van der Waals surface area contributed by atoms with Crippen LogP contribution in [0.2, 0.25) is 0 Å². The topological polar surface area (TPSA) is 39.1 Å². The number of imidazole rings is 1. The van der Waals surface area contributed by atoms with Crippen molar-refractivity contribution in [2.45, 2.75) is 63.5 Å². The van der Waals surface area contributed by atoms with Gasteiger partial charge in [0, 0.05) is 30.9 Å². The van der Waals surface area contributed by atoms with Crippen LogP contribution in [0.25, 0.3) is 0 Å².